The zero-order chi connectivity index (χ0) is 11.5. The van der Waals surface area contributed by atoms with Crippen LogP contribution in [0.2, 0.25) is 10.0 Å². The molecule has 0 aliphatic rings. The molecule has 16 heavy (non-hydrogen) atoms. The van der Waals surface area contributed by atoms with Crippen LogP contribution in [0.5, 0.6) is 0 Å². The molecule has 1 aromatic carbocycles. The Morgan fingerprint density at radius 2 is 1.94 bits per heavy atom. The van der Waals surface area contributed by atoms with Gasteiger partial charge in [0.25, 0.3) is 0 Å². The molecule has 0 unspecified atom stereocenters. The third kappa shape index (κ3) is 2.01. The number of aromatic nitrogens is 1. The van der Waals surface area contributed by atoms with Gasteiger partial charge in [-0.25, -0.2) is 4.98 Å². The molecule has 0 bridgehead atoms. The minimum Gasteiger partial charge on any atom is -0.245 e. The molecule has 0 N–H and O–H groups in total. The van der Waals surface area contributed by atoms with Gasteiger partial charge in [-0.15, -0.1) is 0 Å². The number of benzene rings is 1. The lowest BCUT2D eigenvalue weighted by atomic mass is 10.1. The van der Waals surface area contributed by atoms with Crippen molar-refractivity contribution < 1.29 is 0 Å². The molecule has 1 heterocycles. The van der Waals surface area contributed by atoms with Crippen LogP contribution >= 0.6 is 23.2 Å². The van der Waals surface area contributed by atoms with E-state index in [9.17, 15) is 0 Å². The van der Waals surface area contributed by atoms with Crippen molar-refractivity contribution in [1.82, 2.24) is 4.98 Å². The maximum atomic E-state index is 8.64. The van der Waals surface area contributed by atoms with Crippen LogP contribution in [-0.2, 0) is 0 Å². The number of nitriles is 1. The Hall–Kier alpha value is -1.56. The predicted molar refractivity (Wildman–Crippen MR) is 64.4 cm³/mol. The average molecular weight is 249 g/mol. The van der Waals surface area contributed by atoms with Crippen molar-refractivity contribution in [2.45, 2.75) is 0 Å². The monoisotopic (exact) mass is 248 g/mol. The van der Waals surface area contributed by atoms with E-state index in [0.717, 1.165) is 11.1 Å². The molecule has 0 saturated heterocycles. The van der Waals surface area contributed by atoms with Gasteiger partial charge in [-0.3, -0.25) is 0 Å². The largest absolute Gasteiger partial charge is 0.245 e. The van der Waals surface area contributed by atoms with Crippen LogP contribution in [0.25, 0.3) is 11.1 Å². The number of rotatable bonds is 1. The van der Waals surface area contributed by atoms with Gasteiger partial charge in [0.05, 0.1) is 10.0 Å². The molecule has 0 atom stereocenters. The quantitative estimate of drug-likeness (QED) is 0.767. The standard InChI is InChI=1S/C12H6Cl2N2/c13-11-3-1-2-10(12(11)14)8-4-5-9(6-15)16-7-8/h1-5,7H. The van der Waals surface area contributed by atoms with E-state index in [0.29, 0.717) is 15.7 Å². The van der Waals surface area contributed by atoms with E-state index in [4.69, 9.17) is 28.5 Å². The summed E-state index contributed by atoms with van der Waals surface area (Å²) in [7, 11) is 0. The number of hydrogen-bond donors (Lipinski definition) is 0. The highest BCUT2D eigenvalue weighted by molar-refractivity contribution is 6.43. The first-order valence-electron chi connectivity index (χ1n) is 4.53. The molecule has 0 spiro atoms. The summed E-state index contributed by atoms with van der Waals surface area (Å²) in [5.41, 5.74) is 2.03. The van der Waals surface area contributed by atoms with Crippen molar-refractivity contribution in [1.29, 1.82) is 5.26 Å². The lowest BCUT2D eigenvalue weighted by Gasteiger charge is -2.05. The van der Waals surface area contributed by atoms with E-state index in [1.165, 1.54) is 0 Å². The molecule has 4 heteroatoms. The highest BCUT2D eigenvalue weighted by Gasteiger charge is 2.06. The molecule has 0 saturated carbocycles. The minimum atomic E-state index is 0.377. The van der Waals surface area contributed by atoms with Gasteiger partial charge in [-0.05, 0) is 18.2 Å². The molecule has 2 nitrogen and oxygen atoms in total. The second-order valence-corrected chi connectivity index (χ2v) is 3.93. The Morgan fingerprint density at radius 1 is 1.12 bits per heavy atom. The van der Waals surface area contributed by atoms with Crippen LogP contribution in [-0.4, -0.2) is 4.98 Å². The van der Waals surface area contributed by atoms with Gasteiger partial charge in [-0.2, -0.15) is 5.26 Å². The lowest BCUT2D eigenvalue weighted by molar-refractivity contribution is 1.26. The molecular weight excluding hydrogens is 243 g/mol. The summed E-state index contributed by atoms with van der Waals surface area (Å²) < 4.78 is 0. The first-order chi connectivity index (χ1) is 7.72. The Kier molecular flexibility index (Phi) is 3.09. The predicted octanol–water partition coefficient (Wildman–Crippen LogP) is 3.93. The van der Waals surface area contributed by atoms with E-state index < -0.39 is 0 Å². The third-order valence-corrected chi connectivity index (χ3v) is 2.96. The van der Waals surface area contributed by atoms with Gasteiger partial charge in [0.15, 0.2) is 0 Å². The van der Waals surface area contributed by atoms with Crippen LogP contribution in [0.3, 0.4) is 0 Å². The Labute approximate surface area is 103 Å². The third-order valence-electron chi connectivity index (χ3n) is 2.14. The van der Waals surface area contributed by atoms with Crippen molar-refractivity contribution in [3.63, 3.8) is 0 Å². The summed E-state index contributed by atoms with van der Waals surface area (Å²) in [6, 6.07) is 10.8. The summed E-state index contributed by atoms with van der Waals surface area (Å²) >= 11 is 12.0. The second kappa shape index (κ2) is 4.52. The molecule has 78 valence electrons. The average Bonchev–Trinajstić information content (AvgIpc) is 2.33. The van der Waals surface area contributed by atoms with Gasteiger partial charge in [0.2, 0.25) is 0 Å². The van der Waals surface area contributed by atoms with Crippen molar-refractivity contribution >= 4 is 23.2 Å². The summed E-state index contributed by atoms with van der Waals surface area (Å²) in [6.45, 7) is 0. The fraction of sp³-hybridized carbons (Fsp3) is 0. The zero-order valence-electron chi connectivity index (χ0n) is 8.11. The van der Waals surface area contributed by atoms with Gasteiger partial charge in [0, 0.05) is 17.3 Å². The van der Waals surface area contributed by atoms with Crippen LogP contribution in [0, 0.1) is 11.3 Å². The Bertz CT molecular complexity index is 556. The summed E-state index contributed by atoms with van der Waals surface area (Å²) in [5, 5.41) is 9.64. The Balaban J connectivity index is 2.51. The lowest BCUT2D eigenvalue weighted by Crippen LogP contribution is -1.85. The van der Waals surface area contributed by atoms with Crippen LogP contribution < -0.4 is 0 Å². The van der Waals surface area contributed by atoms with Gasteiger partial charge in [-0.1, -0.05) is 35.3 Å². The number of halogens is 2. The summed E-state index contributed by atoms with van der Waals surface area (Å²) in [4.78, 5) is 3.98. The molecule has 2 aromatic rings. The molecular formula is C12H6Cl2N2. The fourth-order valence-corrected chi connectivity index (χ4v) is 1.76. The van der Waals surface area contributed by atoms with Crippen molar-refractivity contribution in [2.75, 3.05) is 0 Å². The SMILES string of the molecule is N#Cc1ccc(-c2cccc(Cl)c2Cl)cn1. The first-order valence-corrected chi connectivity index (χ1v) is 5.28. The number of hydrogen-bond acceptors (Lipinski definition) is 2. The molecule has 0 aliphatic heterocycles. The number of nitrogens with zero attached hydrogens (tertiary/aromatic N) is 2. The topological polar surface area (TPSA) is 36.7 Å². The van der Waals surface area contributed by atoms with Crippen molar-refractivity contribution in [2.24, 2.45) is 0 Å². The number of pyridine rings is 1. The molecule has 0 amide bonds. The molecule has 2 rings (SSSR count). The van der Waals surface area contributed by atoms with E-state index >= 15 is 0 Å². The smallest absolute Gasteiger partial charge is 0.140 e. The van der Waals surface area contributed by atoms with Gasteiger partial charge < -0.3 is 0 Å². The molecule has 1 aromatic heterocycles. The fourth-order valence-electron chi connectivity index (χ4n) is 1.35. The van der Waals surface area contributed by atoms with E-state index in [1.54, 1.807) is 24.4 Å². The maximum absolute atomic E-state index is 8.64. The normalized spacial score (nSPS) is 9.81. The molecule has 0 radical (unpaired) electrons. The van der Waals surface area contributed by atoms with E-state index in [-0.39, 0.29) is 0 Å². The van der Waals surface area contributed by atoms with E-state index in [1.807, 2.05) is 18.2 Å². The van der Waals surface area contributed by atoms with Crippen LogP contribution in [0.15, 0.2) is 36.5 Å². The van der Waals surface area contributed by atoms with Crippen LogP contribution in [0.4, 0.5) is 0 Å². The van der Waals surface area contributed by atoms with Gasteiger partial charge in [0.1, 0.15) is 11.8 Å². The zero-order valence-corrected chi connectivity index (χ0v) is 9.63. The highest BCUT2D eigenvalue weighted by atomic mass is 35.5. The van der Waals surface area contributed by atoms with Crippen molar-refractivity contribution in [3.05, 3.63) is 52.3 Å². The first kappa shape index (κ1) is 10.9. The maximum Gasteiger partial charge on any atom is 0.140 e. The van der Waals surface area contributed by atoms with Crippen LogP contribution in [0.1, 0.15) is 5.69 Å². The Morgan fingerprint density at radius 3 is 2.56 bits per heavy atom. The molecule has 0 fully saturated rings. The highest BCUT2D eigenvalue weighted by Crippen LogP contribution is 2.32. The summed E-state index contributed by atoms with van der Waals surface area (Å²) in [5.74, 6) is 0. The molecule has 0 aliphatic carbocycles. The van der Waals surface area contributed by atoms with E-state index in [2.05, 4.69) is 4.98 Å². The van der Waals surface area contributed by atoms with Gasteiger partial charge >= 0.3 is 0 Å². The minimum absolute atomic E-state index is 0.377. The second-order valence-electron chi connectivity index (χ2n) is 3.15. The van der Waals surface area contributed by atoms with Crippen molar-refractivity contribution in [3.8, 4) is 17.2 Å². The summed E-state index contributed by atoms with van der Waals surface area (Å²) in [6.07, 6.45) is 1.61.